The van der Waals surface area contributed by atoms with Gasteiger partial charge in [-0.05, 0) is 6.92 Å². The highest BCUT2D eigenvalue weighted by Crippen LogP contribution is 2.09. The van der Waals surface area contributed by atoms with E-state index in [-0.39, 0.29) is 5.69 Å². The van der Waals surface area contributed by atoms with Gasteiger partial charge in [0, 0.05) is 5.69 Å². The van der Waals surface area contributed by atoms with Crippen molar-refractivity contribution in [2.75, 3.05) is 7.11 Å². The number of hydrazine groups is 1. The Balaban J connectivity index is 2.99. The van der Waals surface area contributed by atoms with E-state index in [4.69, 9.17) is 10.6 Å². The van der Waals surface area contributed by atoms with Crippen LogP contribution in [-0.4, -0.2) is 23.0 Å². The molecule has 0 aromatic carbocycles. The standard InChI is InChI=1S/C6H10N4O2/c1-3-4(5(11)10-7)9-6(8-3)12-2/h7H2,1-2H3,(H,8,9)(H,10,11). The zero-order chi connectivity index (χ0) is 9.14. The Morgan fingerprint density at radius 3 is 2.83 bits per heavy atom. The molecule has 0 atom stereocenters. The fourth-order valence-electron chi connectivity index (χ4n) is 0.819. The molecular weight excluding hydrogens is 160 g/mol. The fraction of sp³-hybridized carbons (Fsp3) is 0.333. The molecule has 0 unspecified atom stereocenters. The van der Waals surface area contributed by atoms with E-state index in [0.717, 1.165) is 0 Å². The molecule has 0 aliphatic carbocycles. The minimum absolute atomic E-state index is 0.245. The number of carbonyl (C=O) groups is 1. The molecular formula is C6H10N4O2. The number of aryl methyl sites for hydroxylation is 1. The van der Waals surface area contributed by atoms with Crippen LogP contribution in [0.5, 0.6) is 6.01 Å². The number of hydrogen-bond acceptors (Lipinski definition) is 4. The van der Waals surface area contributed by atoms with Gasteiger partial charge in [0.2, 0.25) is 0 Å². The maximum atomic E-state index is 11.0. The summed E-state index contributed by atoms with van der Waals surface area (Å²) in [5.41, 5.74) is 2.85. The van der Waals surface area contributed by atoms with E-state index in [9.17, 15) is 4.79 Å². The van der Waals surface area contributed by atoms with E-state index in [2.05, 4.69) is 9.97 Å². The second kappa shape index (κ2) is 3.22. The van der Waals surface area contributed by atoms with Gasteiger partial charge in [-0.15, -0.1) is 0 Å². The predicted molar refractivity (Wildman–Crippen MR) is 41.5 cm³/mol. The number of aromatic amines is 1. The molecule has 4 N–H and O–H groups in total. The van der Waals surface area contributed by atoms with Gasteiger partial charge in [-0.2, -0.15) is 4.98 Å². The molecule has 1 heterocycles. The van der Waals surface area contributed by atoms with E-state index >= 15 is 0 Å². The van der Waals surface area contributed by atoms with Gasteiger partial charge in [-0.25, -0.2) is 5.84 Å². The first kappa shape index (κ1) is 8.54. The summed E-state index contributed by atoms with van der Waals surface area (Å²) in [4.78, 5) is 17.6. The van der Waals surface area contributed by atoms with Crippen molar-refractivity contribution in [2.24, 2.45) is 5.84 Å². The van der Waals surface area contributed by atoms with Crippen molar-refractivity contribution >= 4 is 5.91 Å². The smallest absolute Gasteiger partial charge is 0.294 e. The second-order valence-electron chi connectivity index (χ2n) is 2.19. The van der Waals surface area contributed by atoms with E-state index < -0.39 is 5.91 Å². The van der Waals surface area contributed by atoms with Crippen molar-refractivity contribution in [1.29, 1.82) is 0 Å². The van der Waals surface area contributed by atoms with Crippen molar-refractivity contribution < 1.29 is 9.53 Å². The van der Waals surface area contributed by atoms with Crippen LogP contribution in [0.4, 0.5) is 0 Å². The van der Waals surface area contributed by atoms with Crippen LogP contribution in [0.3, 0.4) is 0 Å². The summed E-state index contributed by atoms with van der Waals surface area (Å²) in [6, 6.07) is 0.297. The third-order valence-corrected chi connectivity index (χ3v) is 1.40. The molecule has 1 amide bonds. The number of hydrogen-bond donors (Lipinski definition) is 3. The Morgan fingerprint density at radius 1 is 1.75 bits per heavy atom. The molecule has 0 aliphatic rings. The number of nitrogens with zero attached hydrogens (tertiary/aromatic N) is 1. The van der Waals surface area contributed by atoms with Crippen LogP contribution in [0.25, 0.3) is 0 Å². The molecule has 0 aliphatic heterocycles. The monoisotopic (exact) mass is 170 g/mol. The van der Waals surface area contributed by atoms with Crippen LogP contribution in [0.1, 0.15) is 16.2 Å². The highest BCUT2D eigenvalue weighted by molar-refractivity contribution is 5.93. The number of amides is 1. The molecule has 6 heteroatoms. The van der Waals surface area contributed by atoms with E-state index in [1.807, 2.05) is 5.43 Å². The molecule has 0 radical (unpaired) electrons. The zero-order valence-corrected chi connectivity index (χ0v) is 6.84. The van der Waals surface area contributed by atoms with Crippen LogP contribution >= 0.6 is 0 Å². The fourth-order valence-corrected chi connectivity index (χ4v) is 0.819. The lowest BCUT2D eigenvalue weighted by molar-refractivity contribution is 0.0948. The molecule has 6 nitrogen and oxygen atoms in total. The quantitative estimate of drug-likeness (QED) is 0.312. The summed E-state index contributed by atoms with van der Waals surface area (Å²) >= 11 is 0. The summed E-state index contributed by atoms with van der Waals surface area (Å²) in [7, 11) is 1.46. The van der Waals surface area contributed by atoms with Crippen LogP contribution in [0.2, 0.25) is 0 Å². The predicted octanol–water partition coefficient (Wildman–Crippen LogP) is -0.670. The van der Waals surface area contributed by atoms with Gasteiger partial charge in [0.25, 0.3) is 11.9 Å². The normalized spacial score (nSPS) is 9.58. The number of carbonyl (C=O) groups excluding carboxylic acids is 1. The molecule has 1 aromatic rings. The number of imidazole rings is 1. The highest BCUT2D eigenvalue weighted by Gasteiger charge is 2.13. The van der Waals surface area contributed by atoms with Gasteiger partial charge >= 0.3 is 0 Å². The van der Waals surface area contributed by atoms with Crippen molar-refractivity contribution in [1.82, 2.24) is 15.4 Å². The van der Waals surface area contributed by atoms with Gasteiger partial charge < -0.3 is 9.72 Å². The number of aromatic nitrogens is 2. The number of H-pyrrole nitrogens is 1. The first-order chi connectivity index (χ1) is 5.69. The van der Waals surface area contributed by atoms with Crippen LogP contribution in [0, 0.1) is 6.92 Å². The largest absolute Gasteiger partial charge is 0.468 e. The second-order valence-corrected chi connectivity index (χ2v) is 2.19. The summed E-state index contributed by atoms with van der Waals surface area (Å²) < 4.78 is 4.78. The molecule has 0 fully saturated rings. The molecule has 0 saturated heterocycles. The van der Waals surface area contributed by atoms with Crippen molar-refractivity contribution in [3.63, 3.8) is 0 Å². The summed E-state index contributed by atoms with van der Waals surface area (Å²) in [6.45, 7) is 1.71. The Bertz CT molecular complexity index is 294. The Hall–Kier alpha value is -1.56. The molecule has 0 saturated carbocycles. The average molecular weight is 170 g/mol. The van der Waals surface area contributed by atoms with Crippen molar-refractivity contribution in [2.45, 2.75) is 6.92 Å². The SMILES string of the molecule is COc1nc(C(=O)NN)c(C)[nH]1. The Labute approximate surface area is 69.1 Å². The van der Waals surface area contributed by atoms with Gasteiger partial charge in [0.15, 0.2) is 5.69 Å². The van der Waals surface area contributed by atoms with Gasteiger partial charge in [-0.1, -0.05) is 0 Å². The van der Waals surface area contributed by atoms with Gasteiger partial charge in [0.1, 0.15) is 0 Å². The minimum atomic E-state index is -0.438. The number of nitrogens with one attached hydrogen (secondary N) is 2. The first-order valence-corrected chi connectivity index (χ1v) is 3.30. The maximum Gasteiger partial charge on any atom is 0.294 e. The van der Waals surface area contributed by atoms with Gasteiger partial charge in [0.05, 0.1) is 7.11 Å². The number of nitrogen functional groups attached to an aromatic ring is 1. The zero-order valence-electron chi connectivity index (χ0n) is 6.84. The summed E-state index contributed by atoms with van der Waals surface area (Å²) in [6.07, 6.45) is 0. The molecule has 0 bridgehead atoms. The topological polar surface area (TPSA) is 93.0 Å². The molecule has 66 valence electrons. The molecule has 1 aromatic heterocycles. The number of nitrogens with two attached hydrogens (primary N) is 1. The Morgan fingerprint density at radius 2 is 2.42 bits per heavy atom. The van der Waals surface area contributed by atoms with Crippen LogP contribution in [-0.2, 0) is 0 Å². The van der Waals surface area contributed by atoms with Crippen molar-refractivity contribution in [3.8, 4) is 6.01 Å². The highest BCUT2D eigenvalue weighted by atomic mass is 16.5. The number of methoxy groups -OCH3 is 1. The first-order valence-electron chi connectivity index (χ1n) is 3.30. The molecule has 0 spiro atoms. The molecule has 12 heavy (non-hydrogen) atoms. The van der Waals surface area contributed by atoms with E-state index in [1.165, 1.54) is 7.11 Å². The Kier molecular flexibility index (Phi) is 2.29. The number of ether oxygens (including phenoxy) is 1. The average Bonchev–Trinajstić information content (AvgIpc) is 2.45. The third kappa shape index (κ3) is 1.37. The van der Waals surface area contributed by atoms with E-state index in [1.54, 1.807) is 6.92 Å². The van der Waals surface area contributed by atoms with Crippen LogP contribution < -0.4 is 16.0 Å². The van der Waals surface area contributed by atoms with Crippen molar-refractivity contribution in [3.05, 3.63) is 11.4 Å². The maximum absolute atomic E-state index is 11.0. The number of rotatable bonds is 2. The minimum Gasteiger partial charge on any atom is -0.468 e. The van der Waals surface area contributed by atoms with Gasteiger partial charge in [-0.3, -0.25) is 10.2 Å². The lowest BCUT2D eigenvalue weighted by atomic mass is 10.3. The summed E-state index contributed by atoms with van der Waals surface area (Å²) in [5, 5.41) is 0. The van der Waals surface area contributed by atoms with E-state index in [0.29, 0.717) is 11.7 Å². The summed E-state index contributed by atoms with van der Waals surface area (Å²) in [5.74, 6) is 4.49. The third-order valence-electron chi connectivity index (χ3n) is 1.40. The lowest BCUT2D eigenvalue weighted by Gasteiger charge is -1.93. The molecule has 1 rings (SSSR count). The lowest BCUT2D eigenvalue weighted by Crippen LogP contribution is -2.30. The van der Waals surface area contributed by atoms with Crippen LogP contribution in [0.15, 0.2) is 0 Å².